The lowest BCUT2D eigenvalue weighted by molar-refractivity contribution is -0.141. The summed E-state index contributed by atoms with van der Waals surface area (Å²) in [6.07, 6.45) is -4.58. The largest absolute Gasteiger partial charge is 0.493 e. The maximum atomic E-state index is 12.2. The third-order valence-electron chi connectivity index (χ3n) is 1.51. The van der Waals surface area contributed by atoms with Crippen LogP contribution in [0, 0.1) is 0 Å². The molecule has 0 fully saturated rings. The van der Waals surface area contributed by atoms with Crippen molar-refractivity contribution in [3.05, 3.63) is 11.3 Å². The summed E-state index contributed by atoms with van der Waals surface area (Å²) in [5.41, 5.74) is -1.53. The molecule has 0 aliphatic carbocycles. The van der Waals surface area contributed by atoms with E-state index in [2.05, 4.69) is 5.10 Å². The molecular weight excluding hydrogens is 209 g/mol. The fourth-order valence-corrected chi connectivity index (χ4v) is 1.16. The average molecular weight is 215 g/mol. The number of hydrogen-bond donors (Lipinski definition) is 1. The van der Waals surface area contributed by atoms with Crippen LogP contribution in [0.4, 0.5) is 13.2 Å². The van der Waals surface area contributed by atoms with E-state index in [9.17, 15) is 13.2 Å². The van der Waals surface area contributed by atoms with Crippen molar-refractivity contribution in [3.63, 3.8) is 0 Å². The highest BCUT2D eigenvalue weighted by Gasteiger charge is 2.38. The van der Waals surface area contributed by atoms with E-state index < -0.39 is 29.2 Å². The Morgan fingerprint density at radius 2 is 2.08 bits per heavy atom. The summed E-state index contributed by atoms with van der Waals surface area (Å²) in [6.45, 7) is 0. The van der Waals surface area contributed by atoms with Crippen molar-refractivity contribution in [1.82, 2.24) is 9.78 Å². The molecule has 0 saturated heterocycles. The molecule has 3 nitrogen and oxygen atoms in total. The molecule has 0 unspecified atom stereocenters. The Bertz CT molecular complexity index is 320. The number of aromatic hydroxyl groups is 1. The van der Waals surface area contributed by atoms with Gasteiger partial charge in [0.1, 0.15) is 0 Å². The first-order chi connectivity index (χ1) is 5.88. The monoisotopic (exact) mass is 214 g/mol. The van der Waals surface area contributed by atoms with Gasteiger partial charge in [-0.15, -0.1) is 11.6 Å². The lowest BCUT2D eigenvalue weighted by Crippen LogP contribution is -2.08. The molecular formula is C6H6ClF3N2O. The molecule has 1 rings (SSSR count). The topological polar surface area (TPSA) is 38.0 Å². The fraction of sp³-hybridized carbons (Fsp3) is 0.500. The number of nitrogens with zero attached hydrogens (tertiary/aromatic N) is 2. The molecule has 0 atom stereocenters. The summed E-state index contributed by atoms with van der Waals surface area (Å²) in [4.78, 5) is 0. The molecule has 13 heavy (non-hydrogen) atoms. The number of aromatic nitrogens is 2. The third-order valence-corrected chi connectivity index (χ3v) is 1.78. The number of hydrogen-bond acceptors (Lipinski definition) is 2. The van der Waals surface area contributed by atoms with Gasteiger partial charge in [0.05, 0.1) is 11.4 Å². The van der Waals surface area contributed by atoms with E-state index in [1.54, 1.807) is 0 Å². The van der Waals surface area contributed by atoms with Gasteiger partial charge < -0.3 is 5.11 Å². The molecule has 0 aliphatic heterocycles. The minimum atomic E-state index is -4.58. The molecule has 1 aromatic heterocycles. The van der Waals surface area contributed by atoms with Crippen LogP contribution in [-0.2, 0) is 19.1 Å². The van der Waals surface area contributed by atoms with Crippen molar-refractivity contribution in [2.45, 2.75) is 12.1 Å². The molecule has 0 aromatic carbocycles. The molecule has 0 spiro atoms. The number of alkyl halides is 4. The number of rotatable bonds is 1. The first-order valence-corrected chi connectivity index (χ1v) is 3.79. The lowest BCUT2D eigenvalue weighted by atomic mass is 10.2. The summed E-state index contributed by atoms with van der Waals surface area (Å²) in [5, 5.41) is 12.2. The lowest BCUT2D eigenvalue weighted by Gasteiger charge is -2.02. The van der Waals surface area contributed by atoms with Crippen molar-refractivity contribution in [2.75, 3.05) is 0 Å². The van der Waals surface area contributed by atoms with Gasteiger partial charge in [0.15, 0.2) is 5.69 Å². The van der Waals surface area contributed by atoms with Gasteiger partial charge in [0, 0.05) is 7.05 Å². The maximum absolute atomic E-state index is 12.2. The normalized spacial score (nSPS) is 12.1. The summed E-state index contributed by atoms with van der Waals surface area (Å²) >= 11 is 5.24. The van der Waals surface area contributed by atoms with Crippen molar-refractivity contribution in [1.29, 1.82) is 0 Å². The molecule has 0 amide bonds. The Morgan fingerprint density at radius 1 is 1.54 bits per heavy atom. The predicted molar refractivity (Wildman–Crippen MR) is 39.4 cm³/mol. The second kappa shape index (κ2) is 3.10. The van der Waals surface area contributed by atoms with Gasteiger partial charge >= 0.3 is 6.18 Å². The molecule has 0 radical (unpaired) electrons. The average Bonchev–Trinajstić information content (AvgIpc) is 2.28. The molecule has 0 saturated carbocycles. The Kier molecular flexibility index (Phi) is 2.42. The number of halogens is 4. The van der Waals surface area contributed by atoms with Gasteiger partial charge in [0.2, 0.25) is 5.88 Å². The first-order valence-electron chi connectivity index (χ1n) is 3.26. The molecule has 0 aliphatic rings. The molecule has 1 aromatic rings. The summed E-state index contributed by atoms with van der Waals surface area (Å²) in [5.74, 6) is -0.976. The first kappa shape index (κ1) is 10.2. The van der Waals surface area contributed by atoms with Crippen molar-refractivity contribution in [2.24, 2.45) is 7.05 Å². The Balaban J connectivity index is 3.30. The Hall–Kier alpha value is -0.910. The van der Waals surface area contributed by atoms with Crippen molar-refractivity contribution >= 4 is 11.6 Å². The van der Waals surface area contributed by atoms with Gasteiger partial charge in [-0.05, 0) is 0 Å². The van der Waals surface area contributed by atoms with Crippen LogP contribution in [0.1, 0.15) is 11.3 Å². The van der Waals surface area contributed by atoms with Crippen LogP contribution in [0.25, 0.3) is 0 Å². The van der Waals surface area contributed by atoms with Crippen LogP contribution in [0.5, 0.6) is 5.88 Å². The van der Waals surface area contributed by atoms with E-state index in [4.69, 9.17) is 16.7 Å². The van der Waals surface area contributed by atoms with Gasteiger partial charge in [0.25, 0.3) is 0 Å². The standard InChI is InChI=1S/C6H6ClF3N2O/c1-12-5(13)3(2-7)4(11-12)6(8,9)10/h13H,2H2,1H3. The van der Waals surface area contributed by atoms with E-state index in [0.717, 1.165) is 4.68 Å². The SMILES string of the molecule is Cn1nc(C(F)(F)F)c(CCl)c1O. The van der Waals surface area contributed by atoms with E-state index in [-0.39, 0.29) is 0 Å². The van der Waals surface area contributed by atoms with Crippen LogP contribution in [0.3, 0.4) is 0 Å². The second-order valence-corrected chi connectivity index (χ2v) is 2.67. The molecule has 1 N–H and O–H groups in total. The van der Waals surface area contributed by atoms with Gasteiger partial charge in [-0.1, -0.05) is 0 Å². The van der Waals surface area contributed by atoms with Crippen LogP contribution >= 0.6 is 11.6 Å². The maximum Gasteiger partial charge on any atom is 0.435 e. The van der Waals surface area contributed by atoms with Crippen LogP contribution in [-0.4, -0.2) is 14.9 Å². The van der Waals surface area contributed by atoms with Gasteiger partial charge in [-0.2, -0.15) is 18.3 Å². The number of aryl methyl sites for hydroxylation is 1. The fourth-order valence-electron chi connectivity index (χ4n) is 0.910. The van der Waals surface area contributed by atoms with Gasteiger partial charge in [-0.3, -0.25) is 0 Å². The van der Waals surface area contributed by atoms with E-state index in [0.29, 0.717) is 0 Å². The zero-order chi connectivity index (χ0) is 10.2. The highest BCUT2D eigenvalue weighted by Crippen LogP contribution is 2.35. The highest BCUT2D eigenvalue weighted by molar-refractivity contribution is 6.17. The summed E-state index contributed by atoms with van der Waals surface area (Å²) in [7, 11) is 1.21. The van der Waals surface area contributed by atoms with Crippen LogP contribution in [0.15, 0.2) is 0 Å². The zero-order valence-corrected chi connectivity index (χ0v) is 7.32. The van der Waals surface area contributed by atoms with E-state index in [1.165, 1.54) is 7.05 Å². The van der Waals surface area contributed by atoms with Gasteiger partial charge in [-0.25, -0.2) is 4.68 Å². The van der Waals surface area contributed by atoms with Crippen molar-refractivity contribution in [3.8, 4) is 5.88 Å². The predicted octanol–water partition coefficient (Wildman–Crippen LogP) is 1.88. The zero-order valence-electron chi connectivity index (χ0n) is 6.56. The third kappa shape index (κ3) is 1.72. The summed E-state index contributed by atoms with van der Waals surface area (Å²) in [6, 6.07) is 0. The minimum absolute atomic E-state index is 0.392. The van der Waals surface area contributed by atoms with Crippen LogP contribution < -0.4 is 0 Å². The Morgan fingerprint density at radius 3 is 2.38 bits per heavy atom. The second-order valence-electron chi connectivity index (χ2n) is 2.41. The smallest absolute Gasteiger partial charge is 0.435 e. The van der Waals surface area contributed by atoms with Crippen molar-refractivity contribution < 1.29 is 18.3 Å². The summed E-state index contributed by atoms with van der Waals surface area (Å²) < 4.78 is 37.3. The van der Waals surface area contributed by atoms with E-state index in [1.807, 2.05) is 0 Å². The molecule has 0 bridgehead atoms. The van der Waals surface area contributed by atoms with Crippen LogP contribution in [0.2, 0.25) is 0 Å². The molecule has 7 heteroatoms. The Labute approximate surface area is 76.7 Å². The highest BCUT2D eigenvalue weighted by atomic mass is 35.5. The molecule has 74 valence electrons. The molecule has 1 heterocycles. The quantitative estimate of drug-likeness (QED) is 0.725. The minimum Gasteiger partial charge on any atom is -0.493 e. The van der Waals surface area contributed by atoms with E-state index >= 15 is 0 Å².